The van der Waals surface area contributed by atoms with E-state index in [4.69, 9.17) is 14.2 Å². The van der Waals surface area contributed by atoms with Crippen LogP contribution >= 0.6 is 0 Å². The van der Waals surface area contributed by atoms with Gasteiger partial charge < -0.3 is 19.5 Å². The van der Waals surface area contributed by atoms with Crippen LogP contribution in [0.1, 0.15) is 20.8 Å². The maximum Gasteiger partial charge on any atom is 0.265 e. The topological polar surface area (TPSA) is 56.8 Å². The molecule has 0 spiro atoms. The first kappa shape index (κ1) is 17.7. The van der Waals surface area contributed by atoms with E-state index in [-0.39, 0.29) is 12.0 Å². The molecule has 0 aliphatic carbocycles. The van der Waals surface area contributed by atoms with Crippen molar-refractivity contribution >= 4 is 11.6 Å². The lowest BCUT2D eigenvalue weighted by atomic mass is 10.2. The molecule has 0 bridgehead atoms. The molecule has 2 aromatic carbocycles. The fraction of sp³-hybridized carbons (Fsp3) is 0.316. The molecule has 0 saturated heterocycles. The molecule has 0 saturated carbocycles. The molecule has 5 heteroatoms. The number of hydrogen-bond acceptors (Lipinski definition) is 4. The zero-order chi connectivity index (χ0) is 17.5. The van der Waals surface area contributed by atoms with Crippen LogP contribution in [-0.2, 0) is 4.79 Å². The fourth-order valence-electron chi connectivity index (χ4n) is 2.09. The SMILES string of the molecule is COc1ccccc1O[C@@H](C)C(=O)Nc1ccc(OC(C)C)cc1. The van der Waals surface area contributed by atoms with E-state index in [1.54, 1.807) is 38.3 Å². The molecule has 2 aromatic rings. The molecule has 1 atom stereocenters. The number of benzene rings is 2. The van der Waals surface area contributed by atoms with Gasteiger partial charge in [-0.1, -0.05) is 12.1 Å². The number of methoxy groups -OCH3 is 1. The van der Waals surface area contributed by atoms with Gasteiger partial charge >= 0.3 is 0 Å². The van der Waals surface area contributed by atoms with E-state index in [1.165, 1.54) is 0 Å². The molecule has 0 unspecified atom stereocenters. The summed E-state index contributed by atoms with van der Waals surface area (Å²) >= 11 is 0. The van der Waals surface area contributed by atoms with Crippen molar-refractivity contribution in [3.05, 3.63) is 48.5 Å². The minimum Gasteiger partial charge on any atom is -0.493 e. The third-order valence-electron chi connectivity index (χ3n) is 3.24. The number of nitrogens with one attached hydrogen (secondary N) is 1. The van der Waals surface area contributed by atoms with Crippen LogP contribution in [-0.4, -0.2) is 25.2 Å². The third kappa shape index (κ3) is 4.91. The molecule has 1 N–H and O–H groups in total. The molecule has 2 rings (SSSR count). The van der Waals surface area contributed by atoms with Crippen LogP contribution in [0.3, 0.4) is 0 Å². The summed E-state index contributed by atoms with van der Waals surface area (Å²) in [6, 6.07) is 14.5. The molecule has 0 fully saturated rings. The van der Waals surface area contributed by atoms with Crippen molar-refractivity contribution in [1.29, 1.82) is 0 Å². The summed E-state index contributed by atoms with van der Waals surface area (Å²) in [6.07, 6.45) is -0.549. The Bertz CT molecular complexity index is 667. The summed E-state index contributed by atoms with van der Waals surface area (Å²) in [6.45, 7) is 5.62. The van der Waals surface area contributed by atoms with E-state index < -0.39 is 6.10 Å². The second-order valence-electron chi connectivity index (χ2n) is 5.59. The Hall–Kier alpha value is -2.69. The number of ether oxygens (including phenoxy) is 3. The smallest absolute Gasteiger partial charge is 0.265 e. The first-order chi connectivity index (χ1) is 11.5. The number of rotatable bonds is 7. The summed E-state index contributed by atoms with van der Waals surface area (Å²) in [5.74, 6) is 1.65. The number of amides is 1. The van der Waals surface area contributed by atoms with Crippen molar-refractivity contribution in [3.8, 4) is 17.2 Å². The van der Waals surface area contributed by atoms with Crippen molar-refractivity contribution in [2.45, 2.75) is 33.0 Å². The molecule has 24 heavy (non-hydrogen) atoms. The summed E-state index contributed by atoms with van der Waals surface area (Å²) < 4.78 is 16.5. The highest BCUT2D eigenvalue weighted by Crippen LogP contribution is 2.27. The summed E-state index contributed by atoms with van der Waals surface area (Å²) in [4.78, 5) is 12.3. The van der Waals surface area contributed by atoms with Gasteiger partial charge in [-0.25, -0.2) is 0 Å². The second-order valence-corrected chi connectivity index (χ2v) is 5.59. The van der Waals surface area contributed by atoms with Crippen LogP contribution < -0.4 is 19.5 Å². The Kier molecular flexibility index (Phi) is 6.07. The molecular formula is C19H23NO4. The van der Waals surface area contributed by atoms with Crippen molar-refractivity contribution in [2.24, 2.45) is 0 Å². The van der Waals surface area contributed by atoms with Crippen LogP contribution in [0, 0.1) is 0 Å². The van der Waals surface area contributed by atoms with Crippen molar-refractivity contribution in [2.75, 3.05) is 12.4 Å². The number of carbonyl (C=O) groups excluding carboxylic acids is 1. The van der Waals surface area contributed by atoms with E-state index in [9.17, 15) is 4.79 Å². The van der Waals surface area contributed by atoms with Crippen LogP contribution in [0.4, 0.5) is 5.69 Å². The zero-order valence-corrected chi connectivity index (χ0v) is 14.4. The van der Waals surface area contributed by atoms with E-state index in [2.05, 4.69) is 5.32 Å². The Morgan fingerprint density at radius 3 is 2.12 bits per heavy atom. The second kappa shape index (κ2) is 8.24. The molecule has 0 aromatic heterocycles. The highest BCUT2D eigenvalue weighted by atomic mass is 16.5. The average molecular weight is 329 g/mol. The molecule has 0 aliphatic heterocycles. The van der Waals surface area contributed by atoms with Crippen LogP contribution in [0.2, 0.25) is 0 Å². The van der Waals surface area contributed by atoms with Gasteiger partial charge in [0.15, 0.2) is 17.6 Å². The lowest BCUT2D eigenvalue weighted by Crippen LogP contribution is -2.30. The summed E-state index contributed by atoms with van der Waals surface area (Å²) in [5.41, 5.74) is 0.687. The van der Waals surface area contributed by atoms with E-state index in [0.717, 1.165) is 5.75 Å². The quantitative estimate of drug-likeness (QED) is 0.837. The Balaban J connectivity index is 1.96. The predicted molar refractivity (Wildman–Crippen MR) is 93.9 cm³/mol. The fourth-order valence-corrected chi connectivity index (χ4v) is 2.09. The lowest BCUT2D eigenvalue weighted by molar-refractivity contribution is -0.122. The Morgan fingerprint density at radius 1 is 0.917 bits per heavy atom. The van der Waals surface area contributed by atoms with Gasteiger partial charge in [0.05, 0.1) is 13.2 Å². The summed E-state index contributed by atoms with van der Waals surface area (Å²) in [5, 5.41) is 2.82. The molecule has 128 valence electrons. The average Bonchev–Trinajstić information content (AvgIpc) is 2.56. The molecule has 0 heterocycles. The Morgan fingerprint density at radius 2 is 1.54 bits per heavy atom. The number of para-hydroxylation sites is 2. The van der Waals surface area contributed by atoms with Crippen LogP contribution in [0.15, 0.2) is 48.5 Å². The minimum absolute atomic E-state index is 0.111. The zero-order valence-electron chi connectivity index (χ0n) is 14.4. The maximum absolute atomic E-state index is 12.3. The van der Waals surface area contributed by atoms with Gasteiger partial charge in [-0.15, -0.1) is 0 Å². The van der Waals surface area contributed by atoms with Crippen LogP contribution in [0.25, 0.3) is 0 Å². The highest BCUT2D eigenvalue weighted by Gasteiger charge is 2.16. The monoisotopic (exact) mass is 329 g/mol. The van der Waals surface area contributed by atoms with Crippen LogP contribution in [0.5, 0.6) is 17.2 Å². The van der Waals surface area contributed by atoms with Crippen molar-refractivity contribution in [1.82, 2.24) is 0 Å². The molecule has 5 nitrogen and oxygen atoms in total. The van der Waals surface area contributed by atoms with Gasteiger partial charge in [0.2, 0.25) is 0 Å². The molecule has 0 radical (unpaired) electrons. The minimum atomic E-state index is -0.659. The van der Waals surface area contributed by atoms with Crippen molar-refractivity contribution in [3.63, 3.8) is 0 Å². The van der Waals surface area contributed by atoms with E-state index in [1.807, 2.05) is 38.1 Å². The highest BCUT2D eigenvalue weighted by molar-refractivity contribution is 5.94. The van der Waals surface area contributed by atoms with Gasteiger partial charge in [-0.2, -0.15) is 0 Å². The van der Waals surface area contributed by atoms with Gasteiger partial charge in [0, 0.05) is 5.69 Å². The van der Waals surface area contributed by atoms with Gasteiger partial charge in [-0.3, -0.25) is 4.79 Å². The van der Waals surface area contributed by atoms with Gasteiger partial charge in [-0.05, 0) is 57.2 Å². The van der Waals surface area contributed by atoms with Crippen molar-refractivity contribution < 1.29 is 19.0 Å². The third-order valence-corrected chi connectivity index (χ3v) is 3.24. The lowest BCUT2D eigenvalue weighted by Gasteiger charge is -2.17. The summed E-state index contributed by atoms with van der Waals surface area (Å²) in [7, 11) is 1.56. The number of hydrogen-bond donors (Lipinski definition) is 1. The predicted octanol–water partition coefficient (Wildman–Crippen LogP) is 3.89. The Labute approximate surface area is 142 Å². The number of carbonyl (C=O) groups is 1. The number of anilines is 1. The first-order valence-corrected chi connectivity index (χ1v) is 7.87. The van der Waals surface area contributed by atoms with Gasteiger partial charge in [0.1, 0.15) is 5.75 Å². The maximum atomic E-state index is 12.3. The molecule has 0 aliphatic rings. The van der Waals surface area contributed by atoms with E-state index >= 15 is 0 Å². The first-order valence-electron chi connectivity index (χ1n) is 7.87. The van der Waals surface area contributed by atoms with Gasteiger partial charge in [0.25, 0.3) is 5.91 Å². The largest absolute Gasteiger partial charge is 0.493 e. The van der Waals surface area contributed by atoms with E-state index in [0.29, 0.717) is 17.2 Å². The standard InChI is InChI=1S/C19H23NO4/c1-13(2)23-16-11-9-15(10-12-16)20-19(21)14(3)24-18-8-6-5-7-17(18)22-4/h5-14H,1-4H3,(H,20,21)/t14-/m0/s1. The molecular weight excluding hydrogens is 306 g/mol. The normalized spacial score (nSPS) is 11.7. The molecule has 1 amide bonds.